The minimum atomic E-state index is -3.59. The maximum Gasteiger partial charge on any atom is 0.295 e. The van der Waals surface area contributed by atoms with Crippen molar-refractivity contribution in [2.45, 2.75) is 49.7 Å². The minimum absolute atomic E-state index is 0.0395. The average molecular weight is 506 g/mol. The number of amides is 1. The van der Waals surface area contributed by atoms with Crippen LogP contribution in [0.3, 0.4) is 0 Å². The smallest absolute Gasteiger partial charge is 0.295 e. The predicted octanol–water partition coefficient (Wildman–Crippen LogP) is 4.56. The van der Waals surface area contributed by atoms with E-state index in [1.165, 1.54) is 16.7 Å². The number of benzene rings is 1. The van der Waals surface area contributed by atoms with Crippen LogP contribution < -0.4 is 10.6 Å². The zero-order valence-electron chi connectivity index (χ0n) is 19.0. The lowest BCUT2D eigenvalue weighted by molar-refractivity contribution is -0.117. The molecule has 186 valence electrons. The largest absolute Gasteiger partial charge is 0.358 e. The molecule has 2 fully saturated rings. The molecule has 5 rings (SSSR count). The van der Waals surface area contributed by atoms with Gasteiger partial charge in [-0.3, -0.25) is 9.36 Å². The predicted molar refractivity (Wildman–Crippen MR) is 126 cm³/mol. The number of hydrogen-bond donors (Lipinski definition) is 2. The molecule has 1 aromatic carbocycles. The summed E-state index contributed by atoms with van der Waals surface area (Å²) < 4.78 is 59.9. The van der Waals surface area contributed by atoms with Crippen molar-refractivity contribution in [3.8, 4) is 0 Å². The summed E-state index contributed by atoms with van der Waals surface area (Å²) in [6.07, 6.45) is 1.24. The molecule has 1 unspecified atom stereocenters. The van der Waals surface area contributed by atoms with Gasteiger partial charge < -0.3 is 15.4 Å². The number of ether oxygens (including phenoxy) is 1. The molecule has 3 aromatic rings. The van der Waals surface area contributed by atoms with E-state index in [0.29, 0.717) is 13.0 Å². The third-order valence-electron chi connectivity index (χ3n) is 6.07. The third kappa shape index (κ3) is 4.85. The first-order valence-electron chi connectivity index (χ1n) is 11.4. The van der Waals surface area contributed by atoms with Gasteiger partial charge in [0.2, 0.25) is 5.91 Å². The van der Waals surface area contributed by atoms with Gasteiger partial charge in [-0.05, 0) is 44.2 Å². The highest BCUT2D eigenvalue weighted by Gasteiger charge is 2.32. The van der Waals surface area contributed by atoms with Crippen LogP contribution in [0.4, 0.5) is 26.0 Å². The molecule has 12 heteroatoms. The van der Waals surface area contributed by atoms with Crippen LogP contribution in [0.15, 0.2) is 35.2 Å². The van der Waals surface area contributed by atoms with E-state index in [-0.39, 0.29) is 45.1 Å². The molecule has 2 aliphatic rings. The molecule has 1 amide bonds. The molecule has 35 heavy (non-hydrogen) atoms. The summed E-state index contributed by atoms with van der Waals surface area (Å²) in [5, 5.41) is 5.79. The van der Waals surface area contributed by atoms with E-state index in [1.807, 2.05) is 0 Å². The molecule has 1 atom stereocenters. The van der Waals surface area contributed by atoms with Gasteiger partial charge in [0.15, 0.2) is 21.3 Å². The molecule has 0 spiro atoms. The number of aromatic nitrogens is 3. The molecule has 1 aliphatic heterocycles. The highest BCUT2D eigenvalue weighted by Crippen LogP contribution is 2.37. The number of sulfone groups is 1. The normalized spacial score (nSPS) is 18.7. The van der Waals surface area contributed by atoms with E-state index in [1.54, 1.807) is 18.2 Å². The van der Waals surface area contributed by atoms with Crippen molar-refractivity contribution in [1.29, 1.82) is 0 Å². The Morgan fingerprint density at radius 2 is 1.91 bits per heavy atom. The Balaban J connectivity index is 1.68. The van der Waals surface area contributed by atoms with Gasteiger partial charge in [-0.15, -0.1) is 0 Å². The Bertz CT molecular complexity index is 1380. The second-order valence-corrected chi connectivity index (χ2v) is 10.8. The molecular weight excluding hydrogens is 480 g/mol. The number of carbonyl (C=O) groups excluding carboxylic acids is 1. The molecule has 1 saturated carbocycles. The first kappa shape index (κ1) is 23.6. The first-order valence-corrected chi connectivity index (χ1v) is 13.3. The van der Waals surface area contributed by atoms with Crippen molar-refractivity contribution < 1.29 is 26.7 Å². The van der Waals surface area contributed by atoms with Crippen molar-refractivity contribution in [3.05, 3.63) is 36.2 Å². The van der Waals surface area contributed by atoms with Crippen LogP contribution in [-0.4, -0.2) is 41.7 Å². The highest BCUT2D eigenvalue weighted by molar-refractivity contribution is 7.90. The minimum Gasteiger partial charge on any atom is -0.358 e. The zero-order chi connectivity index (χ0) is 24.7. The van der Waals surface area contributed by atoms with Gasteiger partial charge in [0.25, 0.3) is 6.43 Å². The van der Waals surface area contributed by atoms with Crippen molar-refractivity contribution >= 4 is 44.1 Å². The first-order chi connectivity index (χ1) is 16.7. The third-order valence-corrected chi connectivity index (χ3v) is 7.22. The Morgan fingerprint density at radius 3 is 2.57 bits per heavy atom. The number of pyridine rings is 1. The summed E-state index contributed by atoms with van der Waals surface area (Å²) in [5.41, 5.74) is 0.750. The number of rotatable bonds is 7. The van der Waals surface area contributed by atoms with Gasteiger partial charge in [0.1, 0.15) is 17.6 Å². The average Bonchev–Trinajstić information content (AvgIpc) is 3.60. The number of imidazole rings is 1. The number of fused-ring (bicyclic) bond motifs is 1. The van der Waals surface area contributed by atoms with Crippen LogP contribution >= 0.6 is 0 Å². The number of hydrogen-bond acceptors (Lipinski definition) is 7. The lowest BCUT2D eigenvalue weighted by Gasteiger charge is -2.25. The Morgan fingerprint density at radius 1 is 1.14 bits per heavy atom. The molecule has 1 aliphatic carbocycles. The lowest BCUT2D eigenvalue weighted by Crippen LogP contribution is -2.21. The monoisotopic (exact) mass is 505 g/mol. The Kier molecular flexibility index (Phi) is 6.18. The summed E-state index contributed by atoms with van der Waals surface area (Å²) in [4.78, 5) is 21.2. The fourth-order valence-electron chi connectivity index (χ4n) is 4.22. The maximum atomic E-state index is 14.1. The zero-order valence-corrected chi connectivity index (χ0v) is 19.8. The van der Waals surface area contributed by atoms with Crippen LogP contribution in [0.1, 0.15) is 50.6 Å². The molecule has 0 bridgehead atoms. The quantitative estimate of drug-likeness (QED) is 0.484. The number of nitrogens with one attached hydrogen (secondary N) is 2. The van der Waals surface area contributed by atoms with E-state index in [4.69, 9.17) is 4.74 Å². The second kappa shape index (κ2) is 9.15. The summed E-state index contributed by atoms with van der Waals surface area (Å²) in [6, 6.07) is 7.75. The number of alkyl halides is 2. The van der Waals surface area contributed by atoms with Crippen LogP contribution in [-0.2, 0) is 19.4 Å². The van der Waals surface area contributed by atoms with Gasteiger partial charge >= 0.3 is 0 Å². The number of nitrogens with zero attached hydrogens (tertiary/aromatic N) is 3. The van der Waals surface area contributed by atoms with E-state index in [9.17, 15) is 22.0 Å². The van der Waals surface area contributed by atoms with E-state index in [2.05, 4.69) is 20.6 Å². The van der Waals surface area contributed by atoms with Crippen molar-refractivity contribution in [1.82, 2.24) is 14.5 Å². The Labute approximate surface area is 200 Å². The SMILES string of the molecule is CS(=O)(=O)c1ccccc1Nc1cc(NC(=O)C2CC2)nc2c1nc(C(F)F)n2C1CCCCO1. The van der Waals surface area contributed by atoms with E-state index >= 15 is 0 Å². The number of halogens is 2. The van der Waals surface area contributed by atoms with Crippen LogP contribution in [0.2, 0.25) is 0 Å². The maximum absolute atomic E-state index is 14.1. The van der Waals surface area contributed by atoms with Crippen molar-refractivity contribution in [2.75, 3.05) is 23.5 Å². The molecule has 0 radical (unpaired) electrons. The molecule has 2 N–H and O–H groups in total. The summed E-state index contributed by atoms with van der Waals surface area (Å²) in [7, 11) is -3.59. The number of anilines is 3. The summed E-state index contributed by atoms with van der Waals surface area (Å²) in [5.74, 6) is -0.637. The lowest BCUT2D eigenvalue weighted by atomic mass is 10.2. The Hall–Kier alpha value is -3.12. The topological polar surface area (TPSA) is 115 Å². The molecular formula is C23H25F2N5O4S. The van der Waals surface area contributed by atoms with Gasteiger partial charge in [-0.2, -0.15) is 0 Å². The molecule has 9 nitrogen and oxygen atoms in total. The number of para-hydroxylation sites is 1. The fraction of sp³-hybridized carbons (Fsp3) is 0.435. The van der Waals surface area contributed by atoms with Crippen LogP contribution in [0.5, 0.6) is 0 Å². The van der Waals surface area contributed by atoms with Gasteiger partial charge in [0.05, 0.1) is 16.3 Å². The molecule has 1 saturated heterocycles. The highest BCUT2D eigenvalue weighted by atomic mass is 32.2. The van der Waals surface area contributed by atoms with Gasteiger partial charge in [-0.25, -0.2) is 27.2 Å². The molecule has 2 aromatic heterocycles. The van der Waals surface area contributed by atoms with Gasteiger partial charge in [-0.1, -0.05) is 12.1 Å². The van der Waals surface area contributed by atoms with Crippen LogP contribution in [0, 0.1) is 5.92 Å². The number of carbonyl (C=O) groups is 1. The van der Waals surface area contributed by atoms with Crippen molar-refractivity contribution in [3.63, 3.8) is 0 Å². The van der Waals surface area contributed by atoms with E-state index in [0.717, 1.165) is 31.9 Å². The van der Waals surface area contributed by atoms with Crippen LogP contribution in [0.25, 0.3) is 11.2 Å². The van der Waals surface area contributed by atoms with E-state index < -0.39 is 28.3 Å². The second-order valence-electron chi connectivity index (χ2n) is 8.85. The van der Waals surface area contributed by atoms with Gasteiger partial charge in [0, 0.05) is 24.8 Å². The summed E-state index contributed by atoms with van der Waals surface area (Å²) in [6.45, 7) is 0.429. The molecule has 3 heterocycles. The fourth-order valence-corrected chi connectivity index (χ4v) is 5.06. The standard InChI is InChI=1S/C23H25F2N5O4S/c1-35(32,33)16-7-3-2-6-14(16)26-15-12-17(28-23(31)13-9-10-13)27-21-19(15)29-22(20(24)25)30(21)18-8-4-5-11-34-18/h2-3,6-7,12-13,18,20H,4-5,8-11H2,1H3,(H2,26,27,28,31). The summed E-state index contributed by atoms with van der Waals surface area (Å²) >= 11 is 0. The van der Waals surface area contributed by atoms with Crippen molar-refractivity contribution in [2.24, 2.45) is 5.92 Å².